The Morgan fingerprint density at radius 1 is 1.21 bits per heavy atom. The molecule has 0 aliphatic carbocycles. The lowest BCUT2D eigenvalue weighted by Gasteiger charge is -2.10. The van der Waals surface area contributed by atoms with Crippen LogP contribution in [0.4, 0.5) is 13.2 Å². The van der Waals surface area contributed by atoms with E-state index in [2.05, 4.69) is 15.6 Å². The third kappa shape index (κ3) is 3.26. The number of aromatic nitrogens is 1. The number of hydrogen-bond acceptors (Lipinski definition) is 2. The number of alkyl halides is 3. The van der Waals surface area contributed by atoms with Crippen LogP contribution in [0.3, 0.4) is 0 Å². The third-order valence-electron chi connectivity index (χ3n) is 2.36. The van der Waals surface area contributed by atoms with Crippen molar-refractivity contribution < 1.29 is 17.9 Å². The first-order valence-electron chi connectivity index (χ1n) is 5.26. The molecule has 2 aromatic rings. The minimum Gasteiger partial charge on any atom is -0.406 e. The molecule has 2 nitrogen and oxygen atoms in total. The quantitative estimate of drug-likeness (QED) is 0.772. The smallest absolute Gasteiger partial charge is 0.406 e. The summed E-state index contributed by atoms with van der Waals surface area (Å²) in [6, 6.07) is 7.27. The summed E-state index contributed by atoms with van der Waals surface area (Å²) in [4.78, 5) is 3.87. The Bertz CT molecular complexity index is 629. The minimum atomic E-state index is -4.72. The first kappa shape index (κ1) is 13.0. The average Bonchev–Trinajstić information content (AvgIpc) is 2.37. The van der Waals surface area contributed by atoms with Crippen LogP contribution in [0.5, 0.6) is 5.75 Å². The van der Waals surface area contributed by atoms with Crippen LogP contribution in [0, 0.1) is 12.3 Å². The summed E-state index contributed by atoms with van der Waals surface area (Å²) in [5.74, 6) is 2.15. The molecule has 5 heteroatoms. The summed E-state index contributed by atoms with van der Waals surface area (Å²) < 4.78 is 40.3. The normalized spacial score (nSPS) is 10.8. The van der Waals surface area contributed by atoms with Crippen LogP contribution in [0.25, 0.3) is 11.1 Å². The second kappa shape index (κ2) is 5.02. The monoisotopic (exact) mass is 263 g/mol. The van der Waals surface area contributed by atoms with E-state index in [1.54, 1.807) is 12.1 Å². The Hall–Kier alpha value is -2.48. The maximum Gasteiger partial charge on any atom is 0.573 e. The second-order valence-corrected chi connectivity index (χ2v) is 3.64. The summed E-state index contributed by atoms with van der Waals surface area (Å²) in [5.41, 5.74) is 1.67. The molecule has 1 aromatic heterocycles. The van der Waals surface area contributed by atoms with Crippen molar-refractivity contribution in [1.82, 2.24) is 4.98 Å². The Morgan fingerprint density at radius 2 is 2.00 bits per heavy atom. The highest BCUT2D eigenvalue weighted by atomic mass is 19.4. The fourth-order valence-electron chi connectivity index (χ4n) is 1.62. The highest BCUT2D eigenvalue weighted by Crippen LogP contribution is 2.29. The van der Waals surface area contributed by atoms with Crippen molar-refractivity contribution in [3.05, 3.63) is 48.3 Å². The fourth-order valence-corrected chi connectivity index (χ4v) is 1.62. The standard InChI is InChI=1S/C14H8F3NO/c1-2-10-9-18-7-6-13(10)11-4-3-5-12(8-11)19-14(15,16)17/h1,3-9H. The Morgan fingerprint density at radius 3 is 2.68 bits per heavy atom. The molecule has 0 saturated heterocycles. The Labute approximate surface area is 107 Å². The molecule has 0 aliphatic heterocycles. The van der Waals surface area contributed by atoms with E-state index in [1.165, 1.54) is 30.6 Å². The zero-order chi connectivity index (χ0) is 13.9. The summed E-state index contributed by atoms with van der Waals surface area (Å²) in [6.45, 7) is 0. The van der Waals surface area contributed by atoms with Gasteiger partial charge in [0.15, 0.2) is 0 Å². The summed E-state index contributed by atoms with van der Waals surface area (Å²) in [7, 11) is 0. The summed E-state index contributed by atoms with van der Waals surface area (Å²) >= 11 is 0. The first-order chi connectivity index (χ1) is 8.99. The van der Waals surface area contributed by atoms with Gasteiger partial charge in [-0.25, -0.2) is 0 Å². The molecule has 0 spiro atoms. The zero-order valence-electron chi connectivity index (χ0n) is 9.61. The van der Waals surface area contributed by atoms with Gasteiger partial charge in [-0.15, -0.1) is 19.6 Å². The molecule has 1 aromatic carbocycles. The maximum absolute atomic E-state index is 12.2. The number of hydrogen-bond donors (Lipinski definition) is 0. The van der Waals surface area contributed by atoms with E-state index in [0.29, 0.717) is 16.7 Å². The molecule has 0 aliphatic rings. The molecular weight excluding hydrogens is 255 g/mol. The number of ether oxygens (including phenoxy) is 1. The topological polar surface area (TPSA) is 22.1 Å². The van der Waals surface area contributed by atoms with Gasteiger partial charge < -0.3 is 4.74 Å². The van der Waals surface area contributed by atoms with E-state index in [1.807, 2.05) is 0 Å². The van der Waals surface area contributed by atoms with Gasteiger partial charge >= 0.3 is 6.36 Å². The molecule has 0 unspecified atom stereocenters. The molecule has 2 rings (SSSR count). The van der Waals surface area contributed by atoms with E-state index < -0.39 is 6.36 Å². The summed E-state index contributed by atoms with van der Waals surface area (Å²) in [5, 5.41) is 0. The van der Waals surface area contributed by atoms with Gasteiger partial charge in [0.05, 0.1) is 5.56 Å². The maximum atomic E-state index is 12.2. The van der Waals surface area contributed by atoms with Crippen molar-refractivity contribution in [2.45, 2.75) is 6.36 Å². The van der Waals surface area contributed by atoms with Gasteiger partial charge in [0.2, 0.25) is 0 Å². The minimum absolute atomic E-state index is 0.287. The lowest BCUT2D eigenvalue weighted by molar-refractivity contribution is -0.274. The van der Waals surface area contributed by atoms with Crippen molar-refractivity contribution in [3.63, 3.8) is 0 Å². The van der Waals surface area contributed by atoms with E-state index in [9.17, 15) is 13.2 Å². The molecule has 0 N–H and O–H groups in total. The van der Waals surface area contributed by atoms with Gasteiger partial charge in [0, 0.05) is 18.0 Å². The molecular formula is C14H8F3NO. The van der Waals surface area contributed by atoms with Gasteiger partial charge in [-0.2, -0.15) is 0 Å². The Balaban J connectivity index is 2.41. The number of halogens is 3. The highest BCUT2D eigenvalue weighted by molar-refractivity contribution is 5.71. The van der Waals surface area contributed by atoms with Crippen LogP contribution in [-0.2, 0) is 0 Å². The van der Waals surface area contributed by atoms with Crippen LogP contribution in [0.1, 0.15) is 5.56 Å². The SMILES string of the molecule is C#Cc1cnccc1-c1cccc(OC(F)(F)F)c1. The van der Waals surface area contributed by atoms with E-state index in [4.69, 9.17) is 6.42 Å². The van der Waals surface area contributed by atoms with Gasteiger partial charge in [-0.1, -0.05) is 18.1 Å². The average molecular weight is 263 g/mol. The van der Waals surface area contributed by atoms with Crippen LogP contribution in [0.15, 0.2) is 42.7 Å². The molecule has 96 valence electrons. The predicted octanol–water partition coefficient (Wildman–Crippen LogP) is 3.63. The van der Waals surface area contributed by atoms with Crippen LogP contribution in [0.2, 0.25) is 0 Å². The molecule has 0 fully saturated rings. The lowest BCUT2D eigenvalue weighted by Crippen LogP contribution is -2.17. The van der Waals surface area contributed by atoms with Crippen LogP contribution in [-0.4, -0.2) is 11.3 Å². The lowest BCUT2D eigenvalue weighted by atomic mass is 10.0. The largest absolute Gasteiger partial charge is 0.573 e. The number of nitrogens with zero attached hydrogens (tertiary/aromatic N) is 1. The first-order valence-corrected chi connectivity index (χ1v) is 5.26. The Kier molecular flexibility index (Phi) is 3.43. The van der Waals surface area contributed by atoms with Crippen molar-refractivity contribution in [3.8, 4) is 29.2 Å². The van der Waals surface area contributed by atoms with Crippen LogP contribution < -0.4 is 4.74 Å². The molecule has 0 amide bonds. The van der Waals surface area contributed by atoms with Gasteiger partial charge in [-0.3, -0.25) is 4.98 Å². The highest BCUT2D eigenvalue weighted by Gasteiger charge is 2.31. The molecule has 1 heterocycles. The fraction of sp³-hybridized carbons (Fsp3) is 0.0714. The summed E-state index contributed by atoms with van der Waals surface area (Å²) in [6.07, 6.45) is 3.61. The predicted molar refractivity (Wildman–Crippen MR) is 64.3 cm³/mol. The molecule has 0 bridgehead atoms. The number of benzene rings is 1. The number of pyridine rings is 1. The van der Waals surface area contributed by atoms with E-state index in [-0.39, 0.29) is 5.75 Å². The van der Waals surface area contributed by atoms with E-state index in [0.717, 1.165) is 0 Å². The zero-order valence-corrected chi connectivity index (χ0v) is 9.61. The molecule has 0 saturated carbocycles. The van der Waals surface area contributed by atoms with Crippen LogP contribution >= 0.6 is 0 Å². The van der Waals surface area contributed by atoms with Gasteiger partial charge in [-0.05, 0) is 23.8 Å². The second-order valence-electron chi connectivity index (χ2n) is 3.64. The van der Waals surface area contributed by atoms with Crippen molar-refractivity contribution >= 4 is 0 Å². The number of terminal acetylenes is 1. The molecule has 0 atom stereocenters. The third-order valence-corrected chi connectivity index (χ3v) is 2.36. The van der Waals surface area contributed by atoms with Gasteiger partial charge in [0.1, 0.15) is 5.75 Å². The molecule has 0 radical (unpaired) electrons. The van der Waals surface area contributed by atoms with Crippen molar-refractivity contribution in [1.29, 1.82) is 0 Å². The van der Waals surface area contributed by atoms with E-state index >= 15 is 0 Å². The van der Waals surface area contributed by atoms with Crippen molar-refractivity contribution in [2.75, 3.05) is 0 Å². The molecule has 19 heavy (non-hydrogen) atoms. The van der Waals surface area contributed by atoms with Gasteiger partial charge in [0.25, 0.3) is 0 Å². The number of rotatable bonds is 2. The van der Waals surface area contributed by atoms with Crippen molar-refractivity contribution in [2.24, 2.45) is 0 Å².